The van der Waals surface area contributed by atoms with E-state index in [2.05, 4.69) is 29.4 Å². The van der Waals surface area contributed by atoms with Crippen molar-refractivity contribution in [2.45, 2.75) is 35.6 Å². The Bertz CT molecular complexity index is 611. The second kappa shape index (κ2) is 6.35. The first-order valence-corrected chi connectivity index (χ1v) is 8.05. The number of benzene rings is 1. The van der Waals surface area contributed by atoms with Crippen molar-refractivity contribution >= 4 is 17.6 Å². The average molecular weight is 301 g/mol. The summed E-state index contributed by atoms with van der Waals surface area (Å²) in [6.45, 7) is 2.95. The molecule has 21 heavy (non-hydrogen) atoms. The molecule has 0 atom stereocenters. The molecule has 1 aromatic carbocycles. The minimum Gasteiger partial charge on any atom is -0.497 e. The summed E-state index contributed by atoms with van der Waals surface area (Å²) < 4.78 is 5.18. The summed E-state index contributed by atoms with van der Waals surface area (Å²) in [5, 5.41) is 4.28. The zero-order chi connectivity index (χ0) is 14.7. The van der Waals surface area contributed by atoms with Crippen LogP contribution in [0.3, 0.4) is 0 Å². The molecule has 1 N–H and O–H groups in total. The number of nitrogens with one attached hydrogen (secondary N) is 1. The fourth-order valence-corrected chi connectivity index (χ4v) is 2.88. The lowest BCUT2D eigenvalue weighted by Gasteiger charge is -2.08. The largest absolute Gasteiger partial charge is 0.497 e. The van der Waals surface area contributed by atoms with E-state index in [0.717, 1.165) is 33.9 Å². The van der Waals surface area contributed by atoms with Crippen LogP contribution < -0.4 is 10.1 Å². The Hall–Kier alpha value is -1.75. The van der Waals surface area contributed by atoms with Crippen molar-refractivity contribution < 1.29 is 4.74 Å². The van der Waals surface area contributed by atoms with Crippen LogP contribution in [-0.4, -0.2) is 23.6 Å². The van der Waals surface area contributed by atoms with E-state index in [1.807, 2.05) is 18.2 Å². The number of aromatic nitrogens is 2. The van der Waals surface area contributed by atoms with Crippen molar-refractivity contribution in [2.24, 2.45) is 0 Å². The van der Waals surface area contributed by atoms with Gasteiger partial charge in [0.1, 0.15) is 22.4 Å². The molecule has 5 heteroatoms. The number of methoxy groups -OCH3 is 1. The summed E-state index contributed by atoms with van der Waals surface area (Å²) >= 11 is 1.66. The smallest absolute Gasteiger partial charge is 0.135 e. The highest BCUT2D eigenvalue weighted by Crippen LogP contribution is 2.39. The average Bonchev–Trinajstić information content (AvgIpc) is 3.33. The fourth-order valence-electron chi connectivity index (χ4n) is 2.06. The third-order valence-electron chi connectivity index (χ3n) is 3.30. The van der Waals surface area contributed by atoms with Crippen LogP contribution in [0.5, 0.6) is 5.75 Å². The number of ether oxygens (including phenoxy) is 1. The molecule has 1 aromatic heterocycles. The van der Waals surface area contributed by atoms with Crippen molar-refractivity contribution in [3.05, 3.63) is 36.2 Å². The molecule has 0 spiro atoms. The first kappa shape index (κ1) is 14.2. The van der Waals surface area contributed by atoms with Gasteiger partial charge in [0.2, 0.25) is 0 Å². The van der Waals surface area contributed by atoms with Crippen LogP contribution in [0.4, 0.5) is 5.82 Å². The molecule has 0 unspecified atom stereocenters. The van der Waals surface area contributed by atoms with E-state index in [1.165, 1.54) is 12.8 Å². The Morgan fingerprint density at radius 3 is 2.62 bits per heavy atom. The maximum Gasteiger partial charge on any atom is 0.135 e. The van der Waals surface area contributed by atoms with E-state index in [4.69, 9.17) is 9.72 Å². The van der Waals surface area contributed by atoms with E-state index in [9.17, 15) is 0 Å². The van der Waals surface area contributed by atoms with Crippen LogP contribution >= 0.6 is 11.8 Å². The predicted molar refractivity (Wildman–Crippen MR) is 85.3 cm³/mol. The maximum absolute atomic E-state index is 5.18. The summed E-state index contributed by atoms with van der Waals surface area (Å²) in [4.78, 5) is 10.4. The van der Waals surface area contributed by atoms with Crippen LogP contribution in [0.2, 0.25) is 0 Å². The molecule has 0 saturated heterocycles. The topological polar surface area (TPSA) is 47.0 Å². The Balaban J connectivity index is 1.82. The van der Waals surface area contributed by atoms with Crippen molar-refractivity contribution in [3.8, 4) is 5.75 Å². The van der Waals surface area contributed by atoms with Gasteiger partial charge in [-0.25, -0.2) is 9.97 Å². The van der Waals surface area contributed by atoms with E-state index in [1.54, 1.807) is 18.9 Å². The molecule has 1 fully saturated rings. The van der Waals surface area contributed by atoms with Crippen molar-refractivity contribution in [2.75, 3.05) is 19.0 Å². The van der Waals surface area contributed by atoms with Crippen LogP contribution in [0.25, 0.3) is 0 Å². The molecular formula is C16H19N3OS. The molecule has 3 rings (SSSR count). The van der Waals surface area contributed by atoms with E-state index in [0.29, 0.717) is 5.92 Å². The summed E-state index contributed by atoms with van der Waals surface area (Å²) in [7, 11) is 1.68. The third kappa shape index (κ3) is 3.67. The molecule has 0 aliphatic heterocycles. The number of hydrogen-bond donors (Lipinski definition) is 1. The lowest BCUT2D eigenvalue weighted by Crippen LogP contribution is -2.03. The van der Waals surface area contributed by atoms with Gasteiger partial charge < -0.3 is 10.1 Å². The second-order valence-corrected chi connectivity index (χ2v) is 6.13. The van der Waals surface area contributed by atoms with E-state index < -0.39 is 0 Å². The predicted octanol–water partition coefficient (Wildman–Crippen LogP) is 3.95. The molecule has 0 radical (unpaired) electrons. The highest BCUT2D eigenvalue weighted by molar-refractivity contribution is 7.99. The van der Waals surface area contributed by atoms with Crippen LogP contribution in [0.15, 0.2) is 40.3 Å². The molecule has 110 valence electrons. The monoisotopic (exact) mass is 301 g/mol. The molecule has 1 heterocycles. The third-order valence-corrected chi connectivity index (χ3v) is 4.23. The first-order valence-electron chi connectivity index (χ1n) is 7.23. The van der Waals surface area contributed by atoms with Crippen LogP contribution in [0, 0.1) is 0 Å². The highest BCUT2D eigenvalue weighted by atomic mass is 32.2. The lowest BCUT2D eigenvalue weighted by molar-refractivity contribution is 0.414. The highest BCUT2D eigenvalue weighted by Gasteiger charge is 2.27. The number of anilines is 1. The zero-order valence-electron chi connectivity index (χ0n) is 12.3. The van der Waals surface area contributed by atoms with Gasteiger partial charge in [-0.3, -0.25) is 0 Å². The Morgan fingerprint density at radius 2 is 2.00 bits per heavy atom. The summed E-state index contributed by atoms with van der Waals surface area (Å²) in [5.41, 5.74) is 0. The van der Waals surface area contributed by atoms with Gasteiger partial charge in [0.15, 0.2) is 0 Å². The second-order valence-electron chi connectivity index (χ2n) is 5.03. The van der Waals surface area contributed by atoms with Crippen molar-refractivity contribution in [1.29, 1.82) is 0 Å². The Labute approximate surface area is 129 Å². The zero-order valence-corrected chi connectivity index (χ0v) is 13.1. The molecule has 0 bridgehead atoms. The lowest BCUT2D eigenvalue weighted by atomic mass is 10.3. The minimum atomic E-state index is 0.554. The van der Waals surface area contributed by atoms with Gasteiger partial charge >= 0.3 is 0 Å². The molecule has 1 aliphatic carbocycles. The molecule has 2 aromatic rings. The fraction of sp³-hybridized carbons (Fsp3) is 0.375. The normalized spacial score (nSPS) is 14.0. The Morgan fingerprint density at radius 1 is 1.24 bits per heavy atom. The van der Waals surface area contributed by atoms with E-state index >= 15 is 0 Å². The van der Waals surface area contributed by atoms with Gasteiger partial charge in [0.05, 0.1) is 7.11 Å². The SMILES string of the molecule is CCNc1cc(Sc2ccc(OC)cc2)nc(C2CC2)n1. The van der Waals surface area contributed by atoms with Crippen molar-refractivity contribution in [1.82, 2.24) is 9.97 Å². The summed E-state index contributed by atoms with van der Waals surface area (Å²) in [6, 6.07) is 10.1. The molecule has 1 saturated carbocycles. The standard InChI is InChI=1S/C16H19N3OS/c1-3-17-14-10-15(19-16(18-14)11-4-5-11)21-13-8-6-12(20-2)7-9-13/h6-11H,3-5H2,1-2H3,(H,17,18,19). The molecule has 4 nitrogen and oxygen atoms in total. The van der Waals surface area contributed by atoms with Gasteiger partial charge in [0, 0.05) is 23.4 Å². The van der Waals surface area contributed by atoms with Crippen molar-refractivity contribution in [3.63, 3.8) is 0 Å². The van der Waals surface area contributed by atoms with E-state index in [-0.39, 0.29) is 0 Å². The van der Waals surface area contributed by atoms with Crippen LogP contribution in [-0.2, 0) is 0 Å². The molecular weight excluding hydrogens is 282 g/mol. The van der Waals surface area contributed by atoms with Gasteiger partial charge in [0.25, 0.3) is 0 Å². The van der Waals surface area contributed by atoms with Gasteiger partial charge in [-0.15, -0.1) is 0 Å². The number of nitrogens with zero attached hydrogens (tertiary/aromatic N) is 2. The first-order chi connectivity index (χ1) is 10.3. The molecule has 0 amide bonds. The summed E-state index contributed by atoms with van der Waals surface area (Å²) in [5.74, 6) is 3.32. The Kier molecular flexibility index (Phi) is 4.29. The quantitative estimate of drug-likeness (QED) is 0.819. The van der Waals surface area contributed by atoms with Gasteiger partial charge in [-0.2, -0.15) is 0 Å². The number of hydrogen-bond acceptors (Lipinski definition) is 5. The maximum atomic E-state index is 5.18. The van der Waals surface area contributed by atoms with Crippen LogP contribution in [0.1, 0.15) is 31.5 Å². The number of rotatable bonds is 6. The van der Waals surface area contributed by atoms with Gasteiger partial charge in [-0.1, -0.05) is 11.8 Å². The van der Waals surface area contributed by atoms with Gasteiger partial charge in [-0.05, 0) is 44.0 Å². The molecule has 1 aliphatic rings. The summed E-state index contributed by atoms with van der Waals surface area (Å²) in [6.07, 6.45) is 2.42. The minimum absolute atomic E-state index is 0.554.